The van der Waals surface area contributed by atoms with Gasteiger partial charge in [0, 0.05) is 11.4 Å². The Kier molecular flexibility index (Phi) is 3.35. The van der Waals surface area contributed by atoms with Gasteiger partial charge in [0.1, 0.15) is 0 Å². The quantitative estimate of drug-likeness (QED) is 0.698. The summed E-state index contributed by atoms with van der Waals surface area (Å²) in [5, 5.41) is 3.32. The van der Waals surface area contributed by atoms with Gasteiger partial charge in [0.05, 0.1) is 0 Å². The van der Waals surface area contributed by atoms with E-state index >= 15 is 0 Å². The molecule has 0 amide bonds. The lowest BCUT2D eigenvalue weighted by atomic mass is 10.0. The molecule has 0 aromatic rings. The number of hydrogen-bond acceptors (Lipinski definition) is 1. The molecule has 0 saturated heterocycles. The summed E-state index contributed by atoms with van der Waals surface area (Å²) >= 11 is 0. The highest BCUT2D eigenvalue weighted by atomic mass is 14.9. The molecular weight excluding hydrogens is 158 g/mol. The van der Waals surface area contributed by atoms with Crippen molar-refractivity contribution in [2.75, 3.05) is 0 Å². The molecule has 0 aromatic carbocycles. The van der Waals surface area contributed by atoms with Crippen molar-refractivity contribution in [3.8, 4) is 0 Å². The number of allylic oxidation sites excluding steroid dienone is 4. The maximum absolute atomic E-state index is 3.98. The molecule has 1 atom stereocenters. The maximum Gasteiger partial charge on any atom is 0.0338 e. The first-order chi connectivity index (χ1) is 6.09. The van der Waals surface area contributed by atoms with Gasteiger partial charge in [-0.2, -0.15) is 0 Å². The molecule has 1 nitrogen and oxygen atoms in total. The first kappa shape index (κ1) is 10.1. The molecule has 0 saturated carbocycles. The fraction of sp³-hybridized carbons (Fsp3) is 0.500. The van der Waals surface area contributed by atoms with E-state index in [4.69, 9.17) is 0 Å². The lowest BCUT2D eigenvalue weighted by molar-refractivity contribution is 0.687. The average molecular weight is 177 g/mol. The second kappa shape index (κ2) is 4.31. The zero-order valence-electron chi connectivity index (χ0n) is 8.80. The minimum atomic E-state index is 0.494. The predicted octanol–water partition coefficient (Wildman–Crippen LogP) is 3.23. The van der Waals surface area contributed by atoms with Crippen LogP contribution in [0.4, 0.5) is 0 Å². The van der Waals surface area contributed by atoms with Crippen molar-refractivity contribution in [1.29, 1.82) is 0 Å². The van der Waals surface area contributed by atoms with Gasteiger partial charge in [-0.15, -0.1) is 0 Å². The van der Waals surface area contributed by atoms with Crippen LogP contribution in [0.1, 0.15) is 27.2 Å². The van der Waals surface area contributed by atoms with E-state index in [1.165, 1.54) is 5.70 Å². The second-order valence-electron chi connectivity index (χ2n) is 4.04. The van der Waals surface area contributed by atoms with E-state index in [0.717, 1.165) is 12.1 Å². The summed E-state index contributed by atoms with van der Waals surface area (Å²) in [5.41, 5.74) is 2.28. The van der Waals surface area contributed by atoms with Gasteiger partial charge in [-0.3, -0.25) is 0 Å². The third kappa shape index (κ3) is 3.10. The van der Waals surface area contributed by atoms with Crippen molar-refractivity contribution in [3.05, 3.63) is 36.2 Å². The summed E-state index contributed by atoms with van der Waals surface area (Å²) < 4.78 is 0. The Morgan fingerprint density at radius 2 is 2.31 bits per heavy atom. The molecule has 0 radical (unpaired) electrons. The summed E-state index contributed by atoms with van der Waals surface area (Å²) in [5.74, 6) is 1.17. The number of rotatable bonds is 3. The van der Waals surface area contributed by atoms with Crippen molar-refractivity contribution in [2.45, 2.75) is 27.2 Å². The van der Waals surface area contributed by atoms with Crippen LogP contribution in [0.2, 0.25) is 0 Å². The molecule has 0 bridgehead atoms. The summed E-state index contributed by atoms with van der Waals surface area (Å²) in [7, 11) is 0. The molecule has 0 fully saturated rings. The maximum atomic E-state index is 3.98. The Balaban J connectivity index is 2.48. The van der Waals surface area contributed by atoms with Crippen molar-refractivity contribution < 1.29 is 0 Å². The smallest absolute Gasteiger partial charge is 0.0338 e. The molecule has 0 aliphatic heterocycles. The average Bonchev–Trinajstić information content (AvgIpc) is 2.08. The van der Waals surface area contributed by atoms with Crippen LogP contribution in [0.15, 0.2) is 36.2 Å². The van der Waals surface area contributed by atoms with Crippen LogP contribution in [0.3, 0.4) is 0 Å². The van der Waals surface area contributed by atoms with E-state index in [-0.39, 0.29) is 0 Å². The van der Waals surface area contributed by atoms with Gasteiger partial charge in [0.2, 0.25) is 0 Å². The molecule has 13 heavy (non-hydrogen) atoms. The van der Waals surface area contributed by atoms with E-state index in [1.807, 2.05) is 0 Å². The van der Waals surface area contributed by atoms with Gasteiger partial charge >= 0.3 is 0 Å². The minimum absolute atomic E-state index is 0.494. The highest BCUT2D eigenvalue weighted by Gasteiger charge is 2.05. The number of hydrogen-bond donors (Lipinski definition) is 1. The summed E-state index contributed by atoms with van der Waals surface area (Å²) in [6, 6.07) is 0. The molecule has 1 aliphatic carbocycles. The second-order valence-corrected chi connectivity index (χ2v) is 4.04. The zero-order valence-corrected chi connectivity index (χ0v) is 8.80. The summed E-state index contributed by atoms with van der Waals surface area (Å²) in [6.45, 7) is 10.5. The van der Waals surface area contributed by atoms with Crippen LogP contribution in [0, 0.1) is 11.8 Å². The first-order valence-corrected chi connectivity index (χ1v) is 4.93. The van der Waals surface area contributed by atoms with Gasteiger partial charge in [0.25, 0.3) is 0 Å². The van der Waals surface area contributed by atoms with Gasteiger partial charge in [-0.25, -0.2) is 0 Å². The van der Waals surface area contributed by atoms with Crippen LogP contribution in [0.5, 0.6) is 0 Å². The van der Waals surface area contributed by atoms with Gasteiger partial charge in [-0.1, -0.05) is 39.5 Å². The SMILES string of the molecule is C=C(NC1=CCC(C)C=C1)C(C)C. The van der Waals surface area contributed by atoms with Crippen LogP contribution in [0.25, 0.3) is 0 Å². The molecule has 1 heteroatoms. The van der Waals surface area contributed by atoms with E-state index in [1.54, 1.807) is 0 Å². The van der Waals surface area contributed by atoms with Crippen molar-refractivity contribution in [2.24, 2.45) is 11.8 Å². The van der Waals surface area contributed by atoms with Crippen molar-refractivity contribution >= 4 is 0 Å². The standard InChI is InChI=1S/C12H19N/c1-9(2)11(4)13-12-7-5-10(3)6-8-12/h5,7-10,13H,4,6H2,1-3H3. The van der Waals surface area contributed by atoms with Gasteiger partial charge in [0.15, 0.2) is 0 Å². The summed E-state index contributed by atoms with van der Waals surface area (Å²) in [4.78, 5) is 0. The molecule has 72 valence electrons. The minimum Gasteiger partial charge on any atom is -0.359 e. The van der Waals surface area contributed by atoms with Crippen LogP contribution in [-0.2, 0) is 0 Å². The lowest BCUT2D eigenvalue weighted by Crippen LogP contribution is -2.16. The van der Waals surface area contributed by atoms with Crippen LogP contribution < -0.4 is 5.32 Å². The molecular formula is C12H19N. The Morgan fingerprint density at radius 1 is 1.62 bits per heavy atom. The molecule has 0 aromatic heterocycles. The molecule has 0 spiro atoms. The van der Waals surface area contributed by atoms with E-state index in [0.29, 0.717) is 11.8 Å². The molecule has 1 rings (SSSR count). The van der Waals surface area contributed by atoms with Crippen LogP contribution in [-0.4, -0.2) is 0 Å². The highest BCUT2D eigenvalue weighted by Crippen LogP contribution is 2.15. The van der Waals surface area contributed by atoms with Crippen LogP contribution >= 0.6 is 0 Å². The molecule has 1 aliphatic rings. The topological polar surface area (TPSA) is 12.0 Å². The molecule has 0 heterocycles. The van der Waals surface area contributed by atoms with E-state index in [2.05, 4.69) is 50.9 Å². The Hall–Kier alpha value is -0.980. The van der Waals surface area contributed by atoms with Crippen molar-refractivity contribution in [1.82, 2.24) is 5.32 Å². The van der Waals surface area contributed by atoms with E-state index in [9.17, 15) is 0 Å². The molecule has 1 unspecified atom stereocenters. The monoisotopic (exact) mass is 177 g/mol. The third-order valence-corrected chi connectivity index (χ3v) is 2.32. The van der Waals surface area contributed by atoms with E-state index < -0.39 is 0 Å². The fourth-order valence-electron chi connectivity index (χ4n) is 1.15. The number of nitrogens with one attached hydrogen (secondary N) is 1. The normalized spacial score (nSPS) is 21.5. The Bertz CT molecular complexity index is 246. The Morgan fingerprint density at radius 3 is 2.77 bits per heavy atom. The zero-order chi connectivity index (χ0) is 9.84. The third-order valence-electron chi connectivity index (χ3n) is 2.32. The molecule has 1 N–H and O–H groups in total. The Labute approximate surface area is 81.2 Å². The fourth-order valence-corrected chi connectivity index (χ4v) is 1.15. The lowest BCUT2D eigenvalue weighted by Gasteiger charge is -2.17. The predicted molar refractivity (Wildman–Crippen MR) is 58.1 cm³/mol. The highest BCUT2D eigenvalue weighted by molar-refractivity contribution is 5.25. The first-order valence-electron chi connectivity index (χ1n) is 4.93. The van der Waals surface area contributed by atoms with Gasteiger partial charge in [-0.05, 0) is 24.3 Å². The summed E-state index contributed by atoms with van der Waals surface area (Å²) in [6.07, 6.45) is 7.74. The van der Waals surface area contributed by atoms with Crippen molar-refractivity contribution in [3.63, 3.8) is 0 Å². The largest absolute Gasteiger partial charge is 0.359 e. The van der Waals surface area contributed by atoms with Gasteiger partial charge < -0.3 is 5.32 Å².